The summed E-state index contributed by atoms with van der Waals surface area (Å²) in [6, 6.07) is 18.4. The number of amides is 1. The van der Waals surface area contributed by atoms with Crippen LogP contribution in [0.5, 0.6) is 17.2 Å². The molecule has 0 aliphatic rings. The number of para-hydroxylation sites is 1. The Hall–Kier alpha value is -3.41. The van der Waals surface area contributed by atoms with Crippen LogP contribution in [0, 0.1) is 0 Å². The zero-order chi connectivity index (χ0) is 20.3. The number of nitrogens with one attached hydrogen (secondary N) is 1. The second-order valence-electron chi connectivity index (χ2n) is 6.19. The highest BCUT2D eigenvalue weighted by Gasteiger charge is 2.12. The number of hydrogen-bond acceptors (Lipinski definition) is 5. The van der Waals surface area contributed by atoms with Crippen LogP contribution in [0.15, 0.2) is 71.3 Å². The molecule has 6 heteroatoms. The van der Waals surface area contributed by atoms with E-state index in [0.29, 0.717) is 49.8 Å². The lowest BCUT2D eigenvalue weighted by molar-refractivity contribution is 0.0953. The van der Waals surface area contributed by atoms with Gasteiger partial charge in [-0.05, 0) is 49.4 Å². The Labute approximate surface area is 170 Å². The van der Waals surface area contributed by atoms with E-state index in [2.05, 4.69) is 5.32 Å². The first-order valence-corrected chi connectivity index (χ1v) is 9.64. The fraction of sp³-hybridized carbons (Fsp3) is 0.261. The second-order valence-corrected chi connectivity index (χ2v) is 6.19. The highest BCUT2D eigenvalue weighted by Crippen LogP contribution is 2.28. The van der Waals surface area contributed by atoms with Crippen molar-refractivity contribution >= 4 is 5.91 Å². The molecule has 1 aromatic heterocycles. The van der Waals surface area contributed by atoms with E-state index in [1.54, 1.807) is 24.5 Å². The fourth-order valence-electron chi connectivity index (χ4n) is 2.72. The van der Waals surface area contributed by atoms with Gasteiger partial charge in [0.25, 0.3) is 5.91 Å². The molecule has 1 N–H and O–H groups in total. The van der Waals surface area contributed by atoms with Gasteiger partial charge >= 0.3 is 0 Å². The van der Waals surface area contributed by atoms with Gasteiger partial charge in [0.1, 0.15) is 24.7 Å². The van der Waals surface area contributed by atoms with Crippen molar-refractivity contribution in [3.63, 3.8) is 0 Å². The number of furan rings is 1. The van der Waals surface area contributed by atoms with Crippen LogP contribution in [0.25, 0.3) is 0 Å². The molecular formula is C23H25NO5. The minimum absolute atomic E-state index is 0.170. The predicted molar refractivity (Wildman–Crippen MR) is 110 cm³/mol. The van der Waals surface area contributed by atoms with E-state index in [9.17, 15) is 4.79 Å². The number of ether oxygens (including phenoxy) is 3. The van der Waals surface area contributed by atoms with Gasteiger partial charge < -0.3 is 23.9 Å². The number of carbonyl (C=O) groups excluding carboxylic acids is 1. The smallest absolute Gasteiger partial charge is 0.251 e. The Kier molecular flexibility index (Phi) is 7.57. The average molecular weight is 395 g/mol. The molecule has 0 atom stereocenters. The van der Waals surface area contributed by atoms with Crippen molar-refractivity contribution in [3.05, 3.63) is 78.3 Å². The second kappa shape index (κ2) is 10.8. The van der Waals surface area contributed by atoms with Crippen molar-refractivity contribution in [1.29, 1.82) is 0 Å². The van der Waals surface area contributed by atoms with Gasteiger partial charge in [0.05, 0.1) is 12.9 Å². The molecule has 0 aliphatic heterocycles. The quantitative estimate of drug-likeness (QED) is 0.495. The fourth-order valence-corrected chi connectivity index (χ4v) is 2.72. The first kappa shape index (κ1) is 20.3. The summed E-state index contributed by atoms with van der Waals surface area (Å²) < 4.78 is 22.3. The molecule has 0 saturated heterocycles. The Morgan fingerprint density at radius 3 is 2.52 bits per heavy atom. The number of benzene rings is 2. The molecular weight excluding hydrogens is 370 g/mol. The van der Waals surface area contributed by atoms with E-state index in [4.69, 9.17) is 18.6 Å². The molecule has 6 nitrogen and oxygen atoms in total. The average Bonchev–Trinajstić information content (AvgIpc) is 3.26. The third-order valence-corrected chi connectivity index (χ3v) is 4.10. The maximum absolute atomic E-state index is 12.4. The molecule has 1 heterocycles. The van der Waals surface area contributed by atoms with Gasteiger partial charge in [-0.1, -0.05) is 18.2 Å². The molecule has 152 valence electrons. The summed E-state index contributed by atoms with van der Waals surface area (Å²) in [6.07, 6.45) is 2.26. The molecule has 0 unspecified atom stereocenters. The maximum Gasteiger partial charge on any atom is 0.251 e. The predicted octanol–water partition coefficient (Wildman–Crippen LogP) is 4.11. The highest BCUT2D eigenvalue weighted by molar-refractivity contribution is 5.94. The lowest BCUT2D eigenvalue weighted by Crippen LogP contribution is -2.25. The van der Waals surface area contributed by atoms with Gasteiger partial charge in [-0.15, -0.1) is 0 Å². The summed E-state index contributed by atoms with van der Waals surface area (Å²) >= 11 is 0. The summed E-state index contributed by atoms with van der Waals surface area (Å²) in [4.78, 5) is 12.4. The monoisotopic (exact) mass is 395 g/mol. The molecule has 2 aromatic carbocycles. The van der Waals surface area contributed by atoms with Gasteiger partial charge in [0, 0.05) is 18.5 Å². The minimum Gasteiger partial charge on any atom is -0.490 e. The van der Waals surface area contributed by atoms with Crippen molar-refractivity contribution in [1.82, 2.24) is 5.32 Å². The largest absolute Gasteiger partial charge is 0.490 e. The van der Waals surface area contributed by atoms with E-state index in [1.807, 2.05) is 49.4 Å². The number of hydrogen-bond donors (Lipinski definition) is 1. The first-order valence-electron chi connectivity index (χ1n) is 9.64. The molecule has 0 bridgehead atoms. The summed E-state index contributed by atoms with van der Waals surface area (Å²) in [5.74, 6) is 2.57. The van der Waals surface area contributed by atoms with Crippen LogP contribution in [-0.2, 0) is 6.42 Å². The van der Waals surface area contributed by atoms with Crippen LogP contribution in [0.4, 0.5) is 0 Å². The Morgan fingerprint density at radius 1 is 0.931 bits per heavy atom. The van der Waals surface area contributed by atoms with E-state index in [-0.39, 0.29) is 5.91 Å². The Morgan fingerprint density at radius 2 is 1.76 bits per heavy atom. The van der Waals surface area contributed by atoms with E-state index < -0.39 is 0 Å². The Balaban J connectivity index is 1.52. The first-order chi connectivity index (χ1) is 14.3. The van der Waals surface area contributed by atoms with E-state index >= 15 is 0 Å². The minimum atomic E-state index is -0.170. The van der Waals surface area contributed by atoms with Crippen molar-refractivity contribution in [2.24, 2.45) is 0 Å². The lowest BCUT2D eigenvalue weighted by Gasteiger charge is -2.14. The molecule has 3 aromatic rings. The van der Waals surface area contributed by atoms with Crippen molar-refractivity contribution in [2.45, 2.75) is 13.3 Å². The van der Waals surface area contributed by atoms with E-state index in [1.165, 1.54) is 0 Å². The summed E-state index contributed by atoms with van der Waals surface area (Å²) in [7, 11) is 0. The third-order valence-electron chi connectivity index (χ3n) is 4.10. The molecule has 0 radical (unpaired) electrons. The van der Waals surface area contributed by atoms with Crippen LogP contribution in [0.3, 0.4) is 0 Å². The van der Waals surface area contributed by atoms with Gasteiger partial charge in [-0.25, -0.2) is 0 Å². The molecule has 0 aliphatic carbocycles. The normalized spacial score (nSPS) is 10.4. The van der Waals surface area contributed by atoms with Crippen molar-refractivity contribution < 1.29 is 23.4 Å². The van der Waals surface area contributed by atoms with Crippen LogP contribution in [-0.4, -0.2) is 32.3 Å². The van der Waals surface area contributed by atoms with E-state index in [0.717, 1.165) is 11.5 Å². The molecule has 0 saturated carbocycles. The molecule has 0 spiro atoms. The summed E-state index contributed by atoms with van der Waals surface area (Å²) in [6.45, 7) is 3.62. The zero-order valence-corrected chi connectivity index (χ0v) is 16.4. The standard InChI is InChI=1S/C23H25NO5/c1-2-26-22-17-18(23(25)24-13-12-20-9-6-14-27-20)10-11-21(22)29-16-15-28-19-7-4-3-5-8-19/h3-11,14,17H,2,12-13,15-16H2,1H3,(H,24,25). The molecule has 1 amide bonds. The highest BCUT2D eigenvalue weighted by atomic mass is 16.5. The van der Waals surface area contributed by atoms with Gasteiger partial charge in [0.15, 0.2) is 11.5 Å². The topological polar surface area (TPSA) is 69.9 Å². The van der Waals surface area contributed by atoms with Gasteiger partial charge in [-0.2, -0.15) is 0 Å². The van der Waals surface area contributed by atoms with Crippen LogP contribution in [0.1, 0.15) is 23.0 Å². The van der Waals surface area contributed by atoms with Gasteiger partial charge in [-0.3, -0.25) is 4.79 Å². The Bertz CT molecular complexity index is 878. The van der Waals surface area contributed by atoms with Crippen LogP contribution < -0.4 is 19.5 Å². The van der Waals surface area contributed by atoms with Crippen LogP contribution >= 0.6 is 0 Å². The molecule has 29 heavy (non-hydrogen) atoms. The summed E-state index contributed by atoms with van der Waals surface area (Å²) in [5.41, 5.74) is 0.515. The number of carbonyl (C=O) groups is 1. The van der Waals surface area contributed by atoms with Crippen molar-refractivity contribution in [3.8, 4) is 17.2 Å². The number of rotatable bonds is 11. The summed E-state index contributed by atoms with van der Waals surface area (Å²) in [5, 5.41) is 2.88. The third kappa shape index (κ3) is 6.31. The zero-order valence-electron chi connectivity index (χ0n) is 16.4. The van der Waals surface area contributed by atoms with Crippen LogP contribution in [0.2, 0.25) is 0 Å². The SMILES string of the molecule is CCOc1cc(C(=O)NCCc2ccco2)ccc1OCCOc1ccccc1. The maximum atomic E-state index is 12.4. The molecule has 3 rings (SSSR count). The lowest BCUT2D eigenvalue weighted by atomic mass is 10.2. The van der Waals surface area contributed by atoms with Crippen molar-refractivity contribution in [2.75, 3.05) is 26.4 Å². The molecule has 0 fully saturated rings. The van der Waals surface area contributed by atoms with Gasteiger partial charge in [0.2, 0.25) is 0 Å².